The van der Waals surface area contributed by atoms with Crippen LogP contribution >= 0.6 is 0 Å². The number of rotatable bonds is 12. The number of ether oxygens (including phenoxy) is 2. The van der Waals surface area contributed by atoms with Gasteiger partial charge in [0, 0.05) is 57.5 Å². The first-order valence-electron chi connectivity index (χ1n) is 14.1. The van der Waals surface area contributed by atoms with Crippen molar-refractivity contribution >= 4 is 28.8 Å². The fourth-order valence-electron chi connectivity index (χ4n) is 5.16. The summed E-state index contributed by atoms with van der Waals surface area (Å²) in [7, 11) is 1.53. The molecule has 1 saturated heterocycles. The van der Waals surface area contributed by atoms with E-state index in [1.54, 1.807) is 12.3 Å². The Bertz CT molecular complexity index is 1460. The third kappa shape index (κ3) is 7.21. The molecule has 1 fully saturated rings. The number of aromatic nitrogens is 2. The molecule has 43 heavy (non-hydrogen) atoms. The normalized spacial score (nSPS) is 16.7. The predicted octanol–water partition coefficient (Wildman–Crippen LogP) is 2.00. The number of amides is 1. The molecular formula is C29H36F2N8O4. The Morgan fingerprint density at radius 1 is 1.14 bits per heavy atom. The number of aliphatic imine (C=N–C) groups is 1. The molecule has 0 spiro atoms. The van der Waals surface area contributed by atoms with E-state index in [0.717, 1.165) is 51.8 Å². The number of piperazine rings is 1. The Balaban J connectivity index is 1.38. The quantitative estimate of drug-likeness (QED) is 0.286. The number of anilines is 2. The Kier molecular flexibility index (Phi) is 9.69. The maximum absolute atomic E-state index is 15.0. The van der Waals surface area contributed by atoms with Gasteiger partial charge in [0.05, 0.1) is 37.5 Å². The molecule has 1 amide bonds. The van der Waals surface area contributed by atoms with Crippen molar-refractivity contribution < 1.29 is 28.2 Å². The van der Waals surface area contributed by atoms with Crippen molar-refractivity contribution in [3.05, 3.63) is 59.9 Å². The lowest BCUT2D eigenvalue weighted by molar-refractivity contribution is -0.118. The topological polar surface area (TPSA) is 134 Å². The number of halogens is 2. The highest BCUT2D eigenvalue weighted by atomic mass is 19.2. The number of nitrogens with one attached hydrogen (secondary N) is 1. The van der Waals surface area contributed by atoms with Crippen LogP contribution in [0.1, 0.15) is 12.0 Å². The lowest BCUT2D eigenvalue weighted by Crippen LogP contribution is -2.47. The van der Waals surface area contributed by atoms with Crippen LogP contribution in [0.3, 0.4) is 0 Å². The summed E-state index contributed by atoms with van der Waals surface area (Å²) >= 11 is 0. The number of primary amides is 1. The Morgan fingerprint density at radius 3 is 2.63 bits per heavy atom. The third-order valence-electron chi connectivity index (χ3n) is 7.38. The van der Waals surface area contributed by atoms with Crippen LogP contribution in [0.4, 0.5) is 25.8 Å². The lowest BCUT2D eigenvalue weighted by Gasteiger charge is -2.35. The van der Waals surface area contributed by atoms with E-state index in [1.165, 1.54) is 35.0 Å². The Labute approximate surface area is 248 Å². The average Bonchev–Trinajstić information content (AvgIpc) is 3.44. The number of fused-ring (bicyclic) bond motifs is 1. The third-order valence-corrected chi connectivity index (χ3v) is 7.38. The van der Waals surface area contributed by atoms with E-state index in [2.05, 4.69) is 20.2 Å². The number of benzene rings is 2. The Hall–Kier alpha value is -4.27. The molecule has 4 N–H and O–H groups in total. The largest absolute Gasteiger partial charge is 0.493 e. The van der Waals surface area contributed by atoms with Gasteiger partial charge in [-0.25, -0.2) is 13.8 Å². The zero-order valence-corrected chi connectivity index (χ0v) is 24.0. The summed E-state index contributed by atoms with van der Waals surface area (Å²) < 4.78 is 42.4. The van der Waals surface area contributed by atoms with E-state index < -0.39 is 17.5 Å². The highest BCUT2D eigenvalue weighted by Crippen LogP contribution is 2.38. The van der Waals surface area contributed by atoms with Gasteiger partial charge in [-0.2, -0.15) is 5.10 Å². The summed E-state index contributed by atoms with van der Waals surface area (Å²) in [5.41, 5.74) is 6.92. The van der Waals surface area contributed by atoms with Crippen molar-refractivity contribution in [2.45, 2.75) is 13.0 Å². The number of aliphatic hydroxyl groups is 1. The molecule has 2 aromatic carbocycles. The highest BCUT2D eigenvalue weighted by molar-refractivity contribution is 6.16. The zero-order valence-electron chi connectivity index (χ0n) is 24.0. The number of hydrogen-bond donors (Lipinski definition) is 3. The van der Waals surface area contributed by atoms with Gasteiger partial charge in [-0.15, -0.1) is 0 Å². The summed E-state index contributed by atoms with van der Waals surface area (Å²) in [6.07, 6.45) is 3.79. The van der Waals surface area contributed by atoms with Crippen molar-refractivity contribution in [2.24, 2.45) is 10.7 Å². The second-order valence-corrected chi connectivity index (χ2v) is 10.3. The highest BCUT2D eigenvalue weighted by Gasteiger charge is 2.29. The summed E-state index contributed by atoms with van der Waals surface area (Å²) in [5, 5.41) is 16.4. The molecule has 2 aliphatic heterocycles. The monoisotopic (exact) mass is 598 g/mol. The van der Waals surface area contributed by atoms with Crippen LogP contribution < -0.4 is 25.4 Å². The molecule has 0 atom stereocenters. The van der Waals surface area contributed by atoms with Crippen molar-refractivity contribution in [3.8, 4) is 11.5 Å². The van der Waals surface area contributed by atoms with Gasteiger partial charge in [0.1, 0.15) is 24.7 Å². The predicted molar refractivity (Wildman–Crippen MR) is 158 cm³/mol. The molecule has 5 rings (SSSR count). The summed E-state index contributed by atoms with van der Waals surface area (Å²) in [6.45, 7) is 6.05. The van der Waals surface area contributed by atoms with Crippen LogP contribution in [0.5, 0.6) is 11.5 Å². The molecule has 0 aliphatic carbocycles. The van der Waals surface area contributed by atoms with E-state index in [4.69, 9.17) is 25.3 Å². The molecule has 1 aromatic heterocycles. The fourth-order valence-corrected chi connectivity index (χ4v) is 5.16. The summed E-state index contributed by atoms with van der Waals surface area (Å²) in [6, 6.07) is 7.51. The number of aliphatic hydroxyl groups excluding tert-OH is 1. The smallest absolute Gasteiger partial charge is 0.239 e. The van der Waals surface area contributed by atoms with Gasteiger partial charge in [-0.1, -0.05) is 6.07 Å². The van der Waals surface area contributed by atoms with Gasteiger partial charge in [-0.05, 0) is 24.6 Å². The molecule has 0 saturated carbocycles. The molecule has 3 aromatic rings. The van der Waals surface area contributed by atoms with E-state index in [1.807, 2.05) is 6.07 Å². The number of nitrogens with two attached hydrogens (primary N) is 1. The molecule has 2 aliphatic rings. The van der Waals surface area contributed by atoms with Crippen molar-refractivity contribution in [2.75, 3.05) is 76.5 Å². The van der Waals surface area contributed by atoms with Crippen LogP contribution in [0.15, 0.2) is 47.7 Å². The van der Waals surface area contributed by atoms with E-state index >= 15 is 0 Å². The number of carbonyl (C=O) groups excluding carboxylic acids is 1. The second kappa shape index (κ2) is 13.8. The molecule has 12 nitrogen and oxygen atoms in total. The van der Waals surface area contributed by atoms with E-state index in [0.29, 0.717) is 40.9 Å². The average molecular weight is 599 g/mol. The number of methoxy groups -OCH3 is 1. The SMILES string of the molecule is COc1cc2c(cc1OCCN1CCN(CCCO)CC1)NCN(c1cccc(F)c1F)C2=Nc1cnn(CC(N)=O)c1. The van der Waals surface area contributed by atoms with Gasteiger partial charge in [-0.3, -0.25) is 14.4 Å². The Morgan fingerprint density at radius 2 is 1.91 bits per heavy atom. The van der Waals surface area contributed by atoms with Gasteiger partial charge < -0.3 is 35.4 Å². The van der Waals surface area contributed by atoms with Crippen LogP contribution in [0, 0.1) is 11.6 Å². The molecule has 3 heterocycles. The standard InChI is InChI=1S/C29H36F2N8O4/c1-42-25-14-21-23(15-26(25)43-13-11-37-9-7-36(8-10-37)6-3-12-40)33-19-39(24-5-2-4-22(30)28(24)31)29(21)35-20-16-34-38(17-20)18-27(32)41/h2,4-5,14-17,33,40H,3,6-13,18-19H2,1H3,(H2,32,41). The lowest BCUT2D eigenvalue weighted by atomic mass is 10.1. The first kappa shape index (κ1) is 30.2. The van der Waals surface area contributed by atoms with Crippen molar-refractivity contribution in [1.82, 2.24) is 19.6 Å². The maximum atomic E-state index is 15.0. The van der Waals surface area contributed by atoms with Crippen molar-refractivity contribution in [1.29, 1.82) is 0 Å². The van der Waals surface area contributed by atoms with E-state index in [9.17, 15) is 13.6 Å². The number of nitrogens with zero attached hydrogens (tertiary/aromatic N) is 6. The van der Waals surface area contributed by atoms with E-state index in [-0.39, 0.29) is 25.5 Å². The molecule has 0 radical (unpaired) electrons. The molecule has 0 unspecified atom stereocenters. The summed E-state index contributed by atoms with van der Waals surface area (Å²) in [4.78, 5) is 22.3. The number of hydrogen-bond acceptors (Lipinski definition) is 9. The van der Waals surface area contributed by atoms with Crippen LogP contribution in [-0.2, 0) is 11.3 Å². The second-order valence-electron chi connectivity index (χ2n) is 10.3. The number of carbonyl (C=O) groups is 1. The molecular weight excluding hydrogens is 562 g/mol. The minimum Gasteiger partial charge on any atom is -0.493 e. The van der Waals surface area contributed by atoms with Crippen LogP contribution in [-0.4, -0.2) is 103 Å². The summed E-state index contributed by atoms with van der Waals surface area (Å²) in [5.74, 6) is -1.24. The molecule has 230 valence electrons. The minimum atomic E-state index is -1.01. The minimum absolute atomic E-state index is 0.00261. The first-order valence-corrected chi connectivity index (χ1v) is 14.1. The van der Waals surface area contributed by atoms with Gasteiger partial charge >= 0.3 is 0 Å². The van der Waals surface area contributed by atoms with Crippen molar-refractivity contribution in [3.63, 3.8) is 0 Å². The zero-order chi connectivity index (χ0) is 30.3. The maximum Gasteiger partial charge on any atom is 0.239 e. The number of amidine groups is 1. The van der Waals surface area contributed by atoms with Crippen LogP contribution in [0.2, 0.25) is 0 Å². The van der Waals surface area contributed by atoms with Gasteiger partial charge in [0.25, 0.3) is 0 Å². The molecule has 0 bridgehead atoms. The van der Waals surface area contributed by atoms with Gasteiger partial charge in [0.2, 0.25) is 5.91 Å². The fraction of sp³-hybridized carbons (Fsp3) is 0.414. The van der Waals surface area contributed by atoms with Gasteiger partial charge in [0.15, 0.2) is 23.1 Å². The first-order chi connectivity index (χ1) is 20.9. The molecule has 14 heteroatoms. The van der Waals surface area contributed by atoms with Crippen LogP contribution in [0.25, 0.3) is 0 Å².